The van der Waals surface area contributed by atoms with Gasteiger partial charge in [0, 0.05) is 51.4 Å². The monoisotopic (exact) mass is 445 g/mol. The van der Waals surface area contributed by atoms with Crippen molar-refractivity contribution in [1.82, 2.24) is 15.1 Å². The maximum Gasteiger partial charge on any atom is 0.244 e. The molecule has 0 spiro atoms. The lowest BCUT2D eigenvalue weighted by atomic mass is 10.0. The first-order valence-electron chi connectivity index (χ1n) is 11.5. The molecule has 1 aromatic rings. The second-order valence-corrected chi connectivity index (χ2v) is 8.89. The Bertz CT molecular complexity index is 871. The van der Waals surface area contributed by atoms with Crippen LogP contribution in [0.25, 0.3) is 0 Å². The molecule has 1 unspecified atom stereocenters. The summed E-state index contributed by atoms with van der Waals surface area (Å²) in [4.78, 5) is 44.8. The van der Waals surface area contributed by atoms with Gasteiger partial charge in [0.05, 0.1) is 18.3 Å². The van der Waals surface area contributed by atoms with E-state index in [0.717, 1.165) is 32.4 Å². The minimum absolute atomic E-state index is 0.00623. The standard InChI is InChI=1S/C23H32FN5O3/c1-26-11-13-27(14-12-26)22(31)16-25-19-5-4-10-29(23(19)32)20-8-7-17(15-18(20)24)28-9-3-2-6-21(28)30/h7-8,15,19,25H,2-6,9-14,16H2,1H3. The van der Waals surface area contributed by atoms with Crippen LogP contribution in [0.2, 0.25) is 0 Å². The lowest BCUT2D eigenvalue weighted by molar-refractivity contribution is -0.132. The van der Waals surface area contributed by atoms with Crippen molar-refractivity contribution in [2.75, 3.05) is 62.7 Å². The Labute approximate surface area is 188 Å². The lowest BCUT2D eigenvalue weighted by Gasteiger charge is -2.35. The van der Waals surface area contributed by atoms with E-state index in [4.69, 9.17) is 0 Å². The van der Waals surface area contributed by atoms with Gasteiger partial charge in [-0.15, -0.1) is 0 Å². The van der Waals surface area contributed by atoms with E-state index in [2.05, 4.69) is 10.2 Å². The first kappa shape index (κ1) is 22.7. The van der Waals surface area contributed by atoms with Gasteiger partial charge in [-0.2, -0.15) is 0 Å². The number of nitrogens with one attached hydrogen (secondary N) is 1. The van der Waals surface area contributed by atoms with Crippen LogP contribution in [0.5, 0.6) is 0 Å². The number of amides is 3. The summed E-state index contributed by atoms with van der Waals surface area (Å²) in [6.45, 7) is 4.21. The molecule has 32 heavy (non-hydrogen) atoms. The van der Waals surface area contributed by atoms with Crippen molar-refractivity contribution in [1.29, 1.82) is 0 Å². The third-order valence-electron chi connectivity index (χ3n) is 6.65. The fraction of sp³-hybridized carbons (Fsp3) is 0.609. The summed E-state index contributed by atoms with van der Waals surface area (Å²) >= 11 is 0. The van der Waals surface area contributed by atoms with Gasteiger partial charge in [0.15, 0.2) is 0 Å². The van der Waals surface area contributed by atoms with E-state index in [0.29, 0.717) is 44.7 Å². The number of likely N-dealkylation sites (N-methyl/N-ethyl adjacent to an activating group) is 1. The van der Waals surface area contributed by atoms with E-state index >= 15 is 0 Å². The summed E-state index contributed by atoms with van der Waals surface area (Å²) in [6.07, 6.45) is 3.59. The molecular formula is C23H32FN5O3. The molecule has 1 N–H and O–H groups in total. The highest BCUT2D eigenvalue weighted by Gasteiger charge is 2.32. The van der Waals surface area contributed by atoms with Crippen molar-refractivity contribution in [2.45, 2.75) is 38.1 Å². The maximum absolute atomic E-state index is 15.0. The van der Waals surface area contributed by atoms with E-state index in [1.165, 1.54) is 11.0 Å². The Kier molecular flexibility index (Phi) is 7.05. The minimum atomic E-state index is -0.511. The van der Waals surface area contributed by atoms with Crippen molar-refractivity contribution in [3.63, 3.8) is 0 Å². The molecule has 8 nitrogen and oxygen atoms in total. The summed E-state index contributed by atoms with van der Waals surface area (Å²) < 4.78 is 15.0. The number of halogens is 1. The van der Waals surface area contributed by atoms with Gasteiger partial charge in [0.1, 0.15) is 5.82 Å². The van der Waals surface area contributed by atoms with Crippen LogP contribution in [0.1, 0.15) is 32.1 Å². The number of carbonyl (C=O) groups is 3. The number of hydrogen-bond donors (Lipinski definition) is 1. The highest BCUT2D eigenvalue weighted by atomic mass is 19.1. The van der Waals surface area contributed by atoms with E-state index < -0.39 is 11.9 Å². The van der Waals surface area contributed by atoms with E-state index in [9.17, 15) is 18.8 Å². The van der Waals surface area contributed by atoms with Crippen molar-refractivity contribution >= 4 is 29.1 Å². The van der Waals surface area contributed by atoms with Gasteiger partial charge < -0.3 is 19.6 Å². The van der Waals surface area contributed by atoms with Crippen LogP contribution < -0.4 is 15.1 Å². The minimum Gasteiger partial charge on any atom is -0.339 e. The Morgan fingerprint density at radius 2 is 1.78 bits per heavy atom. The van der Waals surface area contributed by atoms with Crippen LogP contribution in [0, 0.1) is 5.82 Å². The molecule has 4 rings (SSSR count). The molecule has 0 radical (unpaired) electrons. The van der Waals surface area contributed by atoms with E-state index in [1.807, 2.05) is 11.9 Å². The van der Waals surface area contributed by atoms with Gasteiger partial charge in [0.25, 0.3) is 0 Å². The SMILES string of the molecule is CN1CCN(C(=O)CNC2CCCN(c3ccc(N4CCCCC4=O)cc3F)C2=O)CC1. The highest BCUT2D eigenvalue weighted by Crippen LogP contribution is 2.29. The summed E-state index contributed by atoms with van der Waals surface area (Å²) in [6, 6.07) is 4.13. The molecule has 1 aromatic carbocycles. The van der Waals surface area contributed by atoms with Gasteiger partial charge in [-0.05, 0) is 50.9 Å². The molecule has 3 saturated heterocycles. The van der Waals surface area contributed by atoms with Crippen molar-refractivity contribution < 1.29 is 18.8 Å². The summed E-state index contributed by atoms with van der Waals surface area (Å²) in [5, 5.41) is 3.10. The van der Waals surface area contributed by atoms with Crippen LogP contribution >= 0.6 is 0 Å². The largest absolute Gasteiger partial charge is 0.339 e. The zero-order valence-electron chi connectivity index (χ0n) is 18.7. The molecule has 3 heterocycles. The summed E-state index contributed by atoms with van der Waals surface area (Å²) in [5.41, 5.74) is 0.757. The van der Waals surface area contributed by atoms with Crippen molar-refractivity contribution in [3.8, 4) is 0 Å². The van der Waals surface area contributed by atoms with Crippen molar-refractivity contribution in [3.05, 3.63) is 24.0 Å². The Morgan fingerprint density at radius 1 is 1.03 bits per heavy atom. The molecule has 174 valence electrons. The normalized spacial score (nSPS) is 23.1. The Balaban J connectivity index is 1.38. The van der Waals surface area contributed by atoms with Gasteiger partial charge in [0.2, 0.25) is 17.7 Å². The second kappa shape index (κ2) is 9.95. The number of benzene rings is 1. The average molecular weight is 446 g/mol. The average Bonchev–Trinajstić information content (AvgIpc) is 2.79. The smallest absolute Gasteiger partial charge is 0.244 e. The van der Waals surface area contributed by atoms with Crippen molar-refractivity contribution in [2.24, 2.45) is 0 Å². The third kappa shape index (κ3) is 4.94. The number of anilines is 2. The fourth-order valence-corrected chi connectivity index (χ4v) is 4.64. The molecule has 1 atom stereocenters. The predicted molar refractivity (Wildman–Crippen MR) is 120 cm³/mol. The van der Waals surface area contributed by atoms with Crippen LogP contribution in [0.15, 0.2) is 18.2 Å². The molecule has 0 saturated carbocycles. The number of rotatable bonds is 5. The molecular weight excluding hydrogens is 413 g/mol. The molecule has 3 aliphatic rings. The van der Waals surface area contributed by atoms with Crippen LogP contribution in [-0.4, -0.2) is 86.4 Å². The topological polar surface area (TPSA) is 76.2 Å². The first-order valence-corrected chi connectivity index (χ1v) is 11.5. The quantitative estimate of drug-likeness (QED) is 0.737. The van der Waals surface area contributed by atoms with Gasteiger partial charge in [-0.25, -0.2) is 4.39 Å². The molecule has 0 bridgehead atoms. The Morgan fingerprint density at radius 3 is 2.50 bits per heavy atom. The molecule has 3 aliphatic heterocycles. The van der Waals surface area contributed by atoms with E-state index in [1.54, 1.807) is 17.0 Å². The number of piperazine rings is 1. The zero-order chi connectivity index (χ0) is 22.7. The molecule has 0 aliphatic carbocycles. The van der Waals surface area contributed by atoms with Crippen LogP contribution in [0.4, 0.5) is 15.8 Å². The van der Waals surface area contributed by atoms with Gasteiger partial charge in [-0.1, -0.05) is 0 Å². The molecule has 0 aromatic heterocycles. The van der Waals surface area contributed by atoms with E-state index in [-0.39, 0.29) is 30.0 Å². The number of hydrogen-bond acceptors (Lipinski definition) is 5. The van der Waals surface area contributed by atoms with Crippen LogP contribution in [0.3, 0.4) is 0 Å². The number of nitrogens with zero attached hydrogens (tertiary/aromatic N) is 4. The second-order valence-electron chi connectivity index (χ2n) is 8.89. The summed E-state index contributed by atoms with van der Waals surface area (Å²) in [5.74, 6) is -0.733. The molecule has 3 amide bonds. The zero-order valence-corrected chi connectivity index (χ0v) is 18.7. The number of carbonyl (C=O) groups excluding carboxylic acids is 3. The molecule has 9 heteroatoms. The maximum atomic E-state index is 15.0. The third-order valence-corrected chi connectivity index (χ3v) is 6.65. The first-order chi connectivity index (χ1) is 15.4. The molecule has 3 fully saturated rings. The lowest BCUT2D eigenvalue weighted by Crippen LogP contribution is -2.55. The Hall–Kier alpha value is -2.52. The van der Waals surface area contributed by atoms with Gasteiger partial charge in [-0.3, -0.25) is 19.7 Å². The fourth-order valence-electron chi connectivity index (χ4n) is 4.64. The predicted octanol–water partition coefficient (Wildman–Crippen LogP) is 1.20. The summed E-state index contributed by atoms with van der Waals surface area (Å²) in [7, 11) is 2.03. The van der Waals surface area contributed by atoms with Gasteiger partial charge >= 0.3 is 0 Å². The number of piperidine rings is 2. The highest BCUT2D eigenvalue weighted by molar-refractivity contribution is 5.99. The van der Waals surface area contributed by atoms with Crippen LogP contribution in [-0.2, 0) is 14.4 Å².